The van der Waals surface area contributed by atoms with Crippen LogP contribution in [-0.4, -0.2) is 47.6 Å². The lowest BCUT2D eigenvalue weighted by Gasteiger charge is -2.23. The highest BCUT2D eigenvalue weighted by Gasteiger charge is 2.19. The fourth-order valence-electron chi connectivity index (χ4n) is 3.87. The van der Waals surface area contributed by atoms with Gasteiger partial charge in [-0.05, 0) is 62.8 Å². The van der Waals surface area contributed by atoms with Gasteiger partial charge in [0.05, 0.1) is 16.6 Å². The van der Waals surface area contributed by atoms with Crippen LogP contribution < -0.4 is 11.1 Å². The second-order valence-corrected chi connectivity index (χ2v) is 8.78. The number of amides is 1. The number of nitrogens with two attached hydrogens (primary N) is 1. The van der Waals surface area contributed by atoms with Gasteiger partial charge in [-0.2, -0.15) is 0 Å². The predicted octanol–water partition coefficient (Wildman–Crippen LogP) is 4.34. The zero-order valence-electron chi connectivity index (χ0n) is 19.4. The van der Waals surface area contributed by atoms with Crippen LogP contribution in [-0.2, 0) is 9.53 Å². The molecule has 180 valence electrons. The molecule has 1 aliphatic heterocycles. The summed E-state index contributed by atoms with van der Waals surface area (Å²) in [5.41, 5.74) is 8.23. The maximum atomic E-state index is 13.6. The maximum absolute atomic E-state index is 13.6. The summed E-state index contributed by atoms with van der Waals surface area (Å²) in [6.45, 7) is 0.710. The molecule has 1 aliphatic rings. The summed E-state index contributed by atoms with van der Waals surface area (Å²) in [5.74, 6) is 5.95. The highest BCUT2D eigenvalue weighted by atomic mass is 35.5. The average molecular weight is 494 g/mol. The molecule has 7 nitrogen and oxygen atoms in total. The van der Waals surface area contributed by atoms with E-state index in [-0.39, 0.29) is 17.2 Å². The molecule has 0 radical (unpaired) electrons. The van der Waals surface area contributed by atoms with E-state index in [9.17, 15) is 9.18 Å². The highest BCUT2D eigenvalue weighted by Crippen LogP contribution is 2.32. The normalized spacial score (nSPS) is 16.4. The molecule has 0 aliphatic carbocycles. The third-order valence-corrected chi connectivity index (χ3v) is 5.89. The SMILES string of the molecule is CN(C)C(C=CC(N)=O)c1cc2c(Nc3ccc(F)c(Cl)c3)ncnc2cc1C#CC1CCCO1. The number of rotatable bonds is 6. The van der Waals surface area contributed by atoms with Crippen LogP contribution in [0.25, 0.3) is 10.9 Å². The largest absolute Gasteiger partial charge is 0.366 e. The van der Waals surface area contributed by atoms with Crippen LogP contribution in [0.3, 0.4) is 0 Å². The Balaban J connectivity index is 1.84. The van der Waals surface area contributed by atoms with E-state index in [4.69, 9.17) is 22.1 Å². The van der Waals surface area contributed by atoms with E-state index in [0.29, 0.717) is 23.6 Å². The quantitative estimate of drug-likeness (QED) is 0.392. The highest BCUT2D eigenvalue weighted by molar-refractivity contribution is 6.31. The van der Waals surface area contributed by atoms with Crippen LogP contribution in [0.5, 0.6) is 0 Å². The molecule has 2 unspecified atom stereocenters. The molecule has 2 aromatic carbocycles. The number of carbonyl (C=O) groups excluding carboxylic acids is 1. The molecule has 35 heavy (non-hydrogen) atoms. The van der Waals surface area contributed by atoms with Crippen LogP contribution in [0, 0.1) is 17.7 Å². The first-order valence-corrected chi connectivity index (χ1v) is 11.5. The van der Waals surface area contributed by atoms with E-state index < -0.39 is 11.7 Å². The number of fused-ring (bicyclic) bond motifs is 1. The average Bonchev–Trinajstić information content (AvgIpc) is 3.34. The number of likely N-dealkylation sites (N-methyl/N-ethyl adjacent to an activating group) is 1. The van der Waals surface area contributed by atoms with E-state index in [1.165, 1.54) is 24.5 Å². The predicted molar refractivity (Wildman–Crippen MR) is 135 cm³/mol. The number of primary amides is 1. The molecule has 2 heterocycles. The topological polar surface area (TPSA) is 93.4 Å². The van der Waals surface area contributed by atoms with Crippen LogP contribution in [0.15, 0.2) is 48.8 Å². The van der Waals surface area contributed by atoms with Gasteiger partial charge in [0.15, 0.2) is 0 Å². The molecule has 4 rings (SSSR count). The molecule has 3 aromatic rings. The Kier molecular flexibility index (Phi) is 7.61. The summed E-state index contributed by atoms with van der Waals surface area (Å²) in [6.07, 6.45) is 6.30. The molecular weight excluding hydrogens is 469 g/mol. The smallest absolute Gasteiger partial charge is 0.241 e. The number of aromatic nitrogens is 2. The van der Waals surface area contributed by atoms with Crippen molar-refractivity contribution in [2.75, 3.05) is 26.0 Å². The van der Waals surface area contributed by atoms with Crippen LogP contribution in [0.4, 0.5) is 15.9 Å². The lowest BCUT2D eigenvalue weighted by molar-refractivity contribution is -0.113. The minimum atomic E-state index is -0.538. The third-order valence-electron chi connectivity index (χ3n) is 5.60. The van der Waals surface area contributed by atoms with Gasteiger partial charge in [-0.15, -0.1) is 0 Å². The number of hydrogen-bond donors (Lipinski definition) is 2. The van der Waals surface area contributed by atoms with Gasteiger partial charge >= 0.3 is 0 Å². The Morgan fingerprint density at radius 1 is 1.34 bits per heavy atom. The summed E-state index contributed by atoms with van der Waals surface area (Å²) >= 11 is 5.95. The van der Waals surface area contributed by atoms with Gasteiger partial charge in [0.25, 0.3) is 0 Å². The molecule has 9 heteroatoms. The Morgan fingerprint density at radius 2 is 2.17 bits per heavy atom. The Hall–Kier alpha value is -3.51. The van der Waals surface area contributed by atoms with Crippen molar-refractivity contribution in [3.05, 3.63) is 70.8 Å². The number of hydrogen-bond acceptors (Lipinski definition) is 6. The molecule has 2 atom stereocenters. The number of carbonyl (C=O) groups is 1. The summed E-state index contributed by atoms with van der Waals surface area (Å²) in [4.78, 5) is 22.2. The Labute approximate surface area is 208 Å². The first kappa shape index (κ1) is 24.6. The summed E-state index contributed by atoms with van der Waals surface area (Å²) in [5, 5.41) is 3.92. The fraction of sp³-hybridized carbons (Fsp3) is 0.269. The van der Waals surface area contributed by atoms with Crippen molar-refractivity contribution in [2.45, 2.75) is 25.0 Å². The molecule has 0 bridgehead atoms. The fourth-order valence-corrected chi connectivity index (χ4v) is 4.05. The van der Waals surface area contributed by atoms with Gasteiger partial charge in [-0.3, -0.25) is 9.69 Å². The monoisotopic (exact) mass is 493 g/mol. The van der Waals surface area contributed by atoms with Gasteiger partial charge in [0.2, 0.25) is 5.91 Å². The lowest BCUT2D eigenvalue weighted by atomic mass is 9.96. The van der Waals surface area contributed by atoms with Crippen molar-refractivity contribution < 1.29 is 13.9 Å². The van der Waals surface area contributed by atoms with Crippen molar-refractivity contribution in [2.24, 2.45) is 5.73 Å². The molecule has 3 N–H and O–H groups in total. The Bertz CT molecular complexity index is 1340. The number of benzene rings is 2. The van der Waals surface area contributed by atoms with E-state index in [1.807, 2.05) is 31.1 Å². The number of nitrogens with zero attached hydrogens (tertiary/aromatic N) is 3. The van der Waals surface area contributed by atoms with E-state index in [2.05, 4.69) is 27.1 Å². The van der Waals surface area contributed by atoms with Crippen molar-refractivity contribution in [1.29, 1.82) is 0 Å². The second kappa shape index (κ2) is 10.8. The summed E-state index contributed by atoms with van der Waals surface area (Å²) in [6, 6.07) is 7.90. The number of anilines is 2. The molecular formula is C26H25ClFN5O2. The molecule has 1 fully saturated rings. The maximum Gasteiger partial charge on any atom is 0.241 e. The van der Waals surface area contributed by atoms with Gasteiger partial charge in [-0.25, -0.2) is 14.4 Å². The van der Waals surface area contributed by atoms with Crippen molar-refractivity contribution in [1.82, 2.24) is 14.9 Å². The van der Waals surface area contributed by atoms with Crippen LogP contribution in [0.2, 0.25) is 5.02 Å². The summed E-state index contributed by atoms with van der Waals surface area (Å²) in [7, 11) is 3.80. The molecule has 1 amide bonds. The number of halogens is 2. The summed E-state index contributed by atoms with van der Waals surface area (Å²) < 4.78 is 19.3. The van der Waals surface area contributed by atoms with Gasteiger partial charge in [-0.1, -0.05) is 29.5 Å². The third kappa shape index (κ3) is 5.95. The zero-order chi connectivity index (χ0) is 24.9. The molecule has 0 spiro atoms. The van der Waals surface area contributed by atoms with Crippen molar-refractivity contribution in [3.63, 3.8) is 0 Å². The minimum Gasteiger partial charge on any atom is -0.366 e. The van der Waals surface area contributed by atoms with Gasteiger partial charge in [0.1, 0.15) is 24.1 Å². The zero-order valence-corrected chi connectivity index (χ0v) is 20.1. The Morgan fingerprint density at radius 3 is 2.86 bits per heavy atom. The molecule has 0 saturated carbocycles. The van der Waals surface area contributed by atoms with Crippen molar-refractivity contribution >= 4 is 39.9 Å². The van der Waals surface area contributed by atoms with Crippen LogP contribution >= 0.6 is 11.6 Å². The molecule has 1 aromatic heterocycles. The van der Waals surface area contributed by atoms with Gasteiger partial charge in [0, 0.05) is 29.3 Å². The lowest BCUT2D eigenvalue weighted by Crippen LogP contribution is -2.20. The number of ether oxygens (including phenoxy) is 1. The second-order valence-electron chi connectivity index (χ2n) is 8.37. The first-order valence-electron chi connectivity index (χ1n) is 11.1. The number of nitrogens with one attached hydrogen (secondary N) is 1. The van der Waals surface area contributed by atoms with Gasteiger partial charge < -0.3 is 15.8 Å². The van der Waals surface area contributed by atoms with Crippen LogP contribution in [0.1, 0.15) is 30.0 Å². The van der Waals surface area contributed by atoms with Crippen molar-refractivity contribution in [3.8, 4) is 11.8 Å². The molecule has 1 saturated heterocycles. The standard InChI is InChI=1S/C26H25ClFN5O2/c1-33(2)24(9-10-25(29)34)19-14-20-23(12-16(19)5-7-18-4-3-11-35-18)30-15-31-26(20)32-17-6-8-22(28)21(27)13-17/h6,8-10,12-15,18,24H,3-4,11H2,1-2H3,(H2,29,34)(H,30,31,32). The first-order chi connectivity index (χ1) is 16.8. The van der Waals surface area contributed by atoms with E-state index in [0.717, 1.165) is 29.4 Å². The van der Waals surface area contributed by atoms with E-state index in [1.54, 1.807) is 12.1 Å². The minimum absolute atomic E-state index is 0.00463. The van der Waals surface area contributed by atoms with E-state index >= 15 is 0 Å².